The Bertz CT molecular complexity index is 1170. The third kappa shape index (κ3) is 4.44. The average molecular weight is 460 g/mol. The summed E-state index contributed by atoms with van der Waals surface area (Å²) in [7, 11) is 0. The summed E-state index contributed by atoms with van der Waals surface area (Å²) < 4.78 is 1.68. The van der Waals surface area contributed by atoms with Crippen molar-refractivity contribution < 1.29 is 9.59 Å². The van der Waals surface area contributed by atoms with E-state index in [9.17, 15) is 14.4 Å². The molecule has 0 radical (unpaired) electrons. The molecule has 2 fully saturated rings. The van der Waals surface area contributed by atoms with Crippen molar-refractivity contribution >= 4 is 55.1 Å². The Morgan fingerprint density at radius 2 is 2.10 bits per heavy atom. The molecule has 1 atom stereocenters. The molecule has 1 aliphatic heterocycles. The van der Waals surface area contributed by atoms with Gasteiger partial charge in [0.05, 0.1) is 5.92 Å². The second kappa shape index (κ2) is 8.35. The molecule has 0 spiro atoms. The number of thiazole rings is 2. The first-order valence-corrected chi connectivity index (χ1v) is 11.9. The van der Waals surface area contributed by atoms with Crippen molar-refractivity contribution in [3.05, 3.63) is 28.3 Å². The van der Waals surface area contributed by atoms with Crippen molar-refractivity contribution in [1.82, 2.24) is 24.8 Å². The quantitative estimate of drug-likeness (QED) is 0.572. The summed E-state index contributed by atoms with van der Waals surface area (Å²) in [6, 6.07) is 0.348. The SMILES string of the molecule is O=C(Cn1cnc2nc(N3CCCC(C(=O)NC4CC4)C3)sc2c1=O)Nc1nccs1. The number of nitrogens with one attached hydrogen (secondary N) is 2. The van der Waals surface area contributed by atoms with Crippen molar-refractivity contribution in [2.75, 3.05) is 23.3 Å². The molecule has 0 bridgehead atoms. The summed E-state index contributed by atoms with van der Waals surface area (Å²) in [4.78, 5) is 52.4. The van der Waals surface area contributed by atoms with Gasteiger partial charge in [0.15, 0.2) is 15.9 Å². The number of nitrogens with zero attached hydrogens (tertiary/aromatic N) is 5. The second-order valence-electron chi connectivity index (χ2n) is 7.78. The highest BCUT2D eigenvalue weighted by Crippen LogP contribution is 2.30. The highest BCUT2D eigenvalue weighted by atomic mass is 32.1. The van der Waals surface area contributed by atoms with Gasteiger partial charge in [0.1, 0.15) is 17.6 Å². The van der Waals surface area contributed by atoms with E-state index in [2.05, 4.69) is 30.5 Å². The summed E-state index contributed by atoms with van der Waals surface area (Å²) in [6.07, 6.45) is 6.84. The maximum Gasteiger partial charge on any atom is 0.273 e. The zero-order chi connectivity index (χ0) is 21.4. The summed E-state index contributed by atoms with van der Waals surface area (Å²) in [5, 5.41) is 8.67. The van der Waals surface area contributed by atoms with Crippen LogP contribution in [0.25, 0.3) is 10.3 Å². The van der Waals surface area contributed by atoms with Gasteiger partial charge >= 0.3 is 0 Å². The van der Waals surface area contributed by atoms with E-state index in [0.717, 1.165) is 32.2 Å². The van der Waals surface area contributed by atoms with Crippen LogP contribution in [0.1, 0.15) is 25.7 Å². The Kier molecular flexibility index (Phi) is 5.40. The minimum absolute atomic E-state index is 0.0689. The lowest BCUT2D eigenvalue weighted by molar-refractivity contribution is -0.125. The van der Waals surface area contributed by atoms with E-state index in [1.807, 2.05) is 0 Å². The van der Waals surface area contributed by atoms with E-state index in [0.29, 0.717) is 33.2 Å². The van der Waals surface area contributed by atoms with Crippen LogP contribution in [0.2, 0.25) is 0 Å². The van der Waals surface area contributed by atoms with E-state index >= 15 is 0 Å². The predicted octanol–water partition coefficient (Wildman–Crippen LogP) is 1.44. The fourth-order valence-electron chi connectivity index (χ4n) is 3.59. The largest absolute Gasteiger partial charge is 0.353 e. The maximum absolute atomic E-state index is 12.9. The number of carbonyl (C=O) groups is 2. The molecule has 1 unspecified atom stereocenters. The van der Waals surface area contributed by atoms with Gasteiger partial charge in [-0.2, -0.15) is 4.98 Å². The lowest BCUT2D eigenvalue weighted by Crippen LogP contribution is -2.43. The first kappa shape index (κ1) is 20.1. The number of fused-ring (bicyclic) bond motifs is 1. The van der Waals surface area contributed by atoms with Crippen LogP contribution in [0.5, 0.6) is 0 Å². The van der Waals surface area contributed by atoms with E-state index in [4.69, 9.17) is 0 Å². The van der Waals surface area contributed by atoms with Crippen LogP contribution in [0, 0.1) is 5.92 Å². The smallest absolute Gasteiger partial charge is 0.273 e. The Morgan fingerprint density at radius 1 is 1.23 bits per heavy atom. The van der Waals surface area contributed by atoms with Crippen LogP contribution in [-0.2, 0) is 16.1 Å². The molecule has 1 aliphatic carbocycles. The molecular formula is C19H21N7O3S2. The third-order valence-electron chi connectivity index (χ3n) is 5.35. The van der Waals surface area contributed by atoms with E-state index < -0.39 is 0 Å². The Labute approximate surface area is 185 Å². The van der Waals surface area contributed by atoms with Crippen LogP contribution in [0.3, 0.4) is 0 Å². The lowest BCUT2D eigenvalue weighted by Gasteiger charge is -2.31. The van der Waals surface area contributed by atoms with E-state index in [1.54, 1.807) is 11.6 Å². The molecule has 12 heteroatoms. The highest BCUT2D eigenvalue weighted by Gasteiger charge is 2.31. The van der Waals surface area contributed by atoms with Crippen LogP contribution in [-0.4, -0.2) is 50.5 Å². The van der Waals surface area contributed by atoms with Gasteiger partial charge in [0, 0.05) is 30.7 Å². The maximum atomic E-state index is 12.9. The van der Waals surface area contributed by atoms with Gasteiger partial charge in [0.2, 0.25) is 11.8 Å². The summed E-state index contributed by atoms with van der Waals surface area (Å²) in [5.41, 5.74) is 0.0641. The van der Waals surface area contributed by atoms with E-state index in [1.165, 1.54) is 33.6 Å². The molecule has 10 nitrogen and oxygen atoms in total. The molecule has 1 saturated heterocycles. The molecule has 2 N–H and O–H groups in total. The normalized spacial score (nSPS) is 18.8. The zero-order valence-electron chi connectivity index (χ0n) is 16.6. The molecule has 2 aliphatic rings. The predicted molar refractivity (Wildman–Crippen MR) is 119 cm³/mol. The number of anilines is 2. The first-order chi connectivity index (χ1) is 15.1. The molecule has 3 aromatic rings. The Hall–Kier alpha value is -2.86. The fraction of sp³-hybridized carbons (Fsp3) is 0.474. The van der Waals surface area contributed by atoms with Gasteiger partial charge in [0.25, 0.3) is 5.56 Å². The average Bonchev–Trinajstić information content (AvgIpc) is 3.24. The van der Waals surface area contributed by atoms with Crippen molar-refractivity contribution in [2.45, 2.75) is 38.3 Å². The summed E-state index contributed by atoms with van der Waals surface area (Å²) in [5.74, 6) is -0.302. The topological polar surface area (TPSA) is 122 Å². The first-order valence-electron chi connectivity index (χ1n) is 10.2. The van der Waals surface area contributed by atoms with Crippen molar-refractivity contribution in [3.8, 4) is 0 Å². The molecule has 3 aromatic heterocycles. The molecule has 31 heavy (non-hydrogen) atoms. The minimum atomic E-state index is -0.344. The number of hydrogen-bond acceptors (Lipinski definition) is 9. The van der Waals surface area contributed by atoms with Gasteiger partial charge in [-0.25, -0.2) is 9.97 Å². The standard InChI is InChI=1S/C19H21N7O3S2/c27-13(23-18-20-5-7-30-18)9-26-10-21-15-14(17(26)29)31-19(24-15)25-6-1-2-11(8-25)16(28)22-12-3-4-12/h5,7,10-12H,1-4,6,8-9H2,(H,22,28)(H,20,23,27). The van der Waals surface area contributed by atoms with Gasteiger partial charge in [-0.15, -0.1) is 11.3 Å². The molecule has 4 heterocycles. The second-order valence-corrected chi connectivity index (χ2v) is 9.65. The molecule has 162 valence electrons. The molecule has 5 rings (SSSR count). The van der Waals surface area contributed by atoms with E-state index in [-0.39, 0.29) is 29.8 Å². The lowest BCUT2D eigenvalue weighted by atomic mass is 9.97. The van der Waals surface area contributed by atoms with Gasteiger partial charge < -0.3 is 15.5 Å². The molecule has 1 saturated carbocycles. The number of amides is 2. The Morgan fingerprint density at radius 3 is 2.87 bits per heavy atom. The van der Waals surface area contributed by atoms with Crippen LogP contribution < -0.4 is 21.1 Å². The molecule has 0 aromatic carbocycles. The van der Waals surface area contributed by atoms with Crippen molar-refractivity contribution in [2.24, 2.45) is 5.92 Å². The van der Waals surface area contributed by atoms with Crippen molar-refractivity contribution in [3.63, 3.8) is 0 Å². The number of carbonyl (C=O) groups excluding carboxylic acids is 2. The van der Waals surface area contributed by atoms with Crippen LogP contribution in [0.4, 0.5) is 10.3 Å². The number of rotatable bonds is 6. The molecular weight excluding hydrogens is 438 g/mol. The zero-order valence-corrected chi connectivity index (χ0v) is 18.2. The van der Waals surface area contributed by atoms with Crippen LogP contribution >= 0.6 is 22.7 Å². The number of hydrogen-bond donors (Lipinski definition) is 2. The van der Waals surface area contributed by atoms with Gasteiger partial charge in [-0.05, 0) is 25.7 Å². The fourth-order valence-corrected chi connectivity index (χ4v) is 5.14. The third-order valence-corrected chi connectivity index (χ3v) is 7.13. The van der Waals surface area contributed by atoms with Crippen molar-refractivity contribution in [1.29, 1.82) is 0 Å². The number of aromatic nitrogens is 4. The molecule has 2 amide bonds. The highest BCUT2D eigenvalue weighted by molar-refractivity contribution is 7.22. The monoisotopic (exact) mass is 459 g/mol. The Balaban J connectivity index is 1.31. The van der Waals surface area contributed by atoms with Gasteiger partial charge in [-0.3, -0.25) is 19.0 Å². The minimum Gasteiger partial charge on any atom is -0.353 e. The van der Waals surface area contributed by atoms with Crippen LogP contribution in [0.15, 0.2) is 22.7 Å². The summed E-state index contributed by atoms with van der Waals surface area (Å²) >= 11 is 2.57. The number of piperidine rings is 1. The summed E-state index contributed by atoms with van der Waals surface area (Å²) in [6.45, 7) is 1.22. The van der Waals surface area contributed by atoms with Gasteiger partial charge in [-0.1, -0.05) is 11.3 Å².